The van der Waals surface area contributed by atoms with E-state index in [-0.39, 0.29) is 0 Å². The third-order valence-corrected chi connectivity index (χ3v) is 3.72. The molecule has 0 amide bonds. The molecular weight excluding hydrogens is 248 g/mol. The highest BCUT2D eigenvalue weighted by Crippen LogP contribution is 2.29. The molecule has 96 valence electrons. The lowest BCUT2D eigenvalue weighted by Crippen LogP contribution is -1.80. The second-order valence-corrected chi connectivity index (χ2v) is 5.88. The number of thioether (sulfide) groups is 1. The van der Waals surface area contributed by atoms with Crippen LogP contribution in [0.15, 0.2) is 77.1 Å². The van der Waals surface area contributed by atoms with Crippen molar-refractivity contribution in [2.45, 2.75) is 18.7 Å². The fraction of sp³-hybridized carbons (Fsp3) is 0.111. The van der Waals surface area contributed by atoms with Crippen LogP contribution in [0.2, 0.25) is 0 Å². The van der Waals surface area contributed by atoms with Gasteiger partial charge in [-0.25, -0.2) is 0 Å². The summed E-state index contributed by atoms with van der Waals surface area (Å²) in [6, 6.07) is 18.8. The molecule has 0 aliphatic carbocycles. The molecule has 2 aromatic carbocycles. The van der Waals surface area contributed by atoms with Gasteiger partial charge in [0.2, 0.25) is 0 Å². The summed E-state index contributed by atoms with van der Waals surface area (Å²) in [5.74, 6) is 0. The molecule has 0 fully saturated rings. The summed E-state index contributed by atoms with van der Waals surface area (Å²) in [6.45, 7) is 8.38. The first-order valence-corrected chi connectivity index (χ1v) is 7.14. The van der Waals surface area contributed by atoms with Crippen LogP contribution in [-0.4, -0.2) is 0 Å². The molecule has 0 N–H and O–H groups in total. The van der Waals surface area contributed by atoms with Crippen LogP contribution in [0.25, 0.3) is 5.57 Å². The number of aryl methyl sites for hydroxylation is 1. The molecule has 0 radical (unpaired) electrons. The molecule has 0 bridgehead atoms. The molecule has 19 heavy (non-hydrogen) atoms. The number of rotatable bonds is 4. The maximum atomic E-state index is 4.13. The fourth-order valence-electron chi connectivity index (χ4n) is 1.88. The first-order valence-electron chi connectivity index (χ1n) is 6.32. The molecule has 0 aromatic heterocycles. The summed E-state index contributed by atoms with van der Waals surface area (Å²) < 4.78 is 0. The van der Waals surface area contributed by atoms with Crippen molar-refractivity contribution in [3.8, 4) is 0 Å². The van der Waals surface area contributed by atoms with Crippen molar-refractivity contribution in [1.82, 2.24) is 0 Å². The van der Waals surface area contributed by atoms with Crippen LogP contribution in [0.5, 0.6) is 0 Å². The molecule has 0 spiro atoms. The van der Waals surface area contributed by atoms with Crippen LogP contribution in [0.1, 0.15) is 18.1 Å². The Morgan fingerprint density at radius 1 is 1.05 bits per heavy atom. The SMILES string of the molecule is C=C(/C=C(\C)Sc1cccc(C)c1)c1ccccc1. The Bertz CT molecular complexity index is 594. The first kappa shape index (κ1) is 13.7. The minimum atomic E-state index is 1.05. The highest BCUT2D eigenvalue weighted by Gasteiger charge is 1.99. The first-order chi connectivity index (χ1) is 9.15. The van der Waals surface area contributed by atoms with Gasteiger partial charge in [-0.05, 0) is 48.1 Å². The van der Waals surface area contributed by atoms with Gasteiger partial charge in [0.25, 0.3) is 0 Å². The Morgan fingerprint density at radius 3 is 2.47 bits per heavy atom. The van der Waals surface area contributed by atoms with Gasteiger partial charge in [-0.15, -0.1) is 0 Å². The molecule has 0 nitrogen and oxygen atoms in total. The van der Waals surface area contributed by atoms with Crippen LogP contribution in [0.3, 0.4) is 0 Å². The lowest BCUT2D eigenvalue weighted by atomic mass is 10.1. The number of allylic oxidation sites excluding steroid dienone is 3. The zero-order valence-electron chi connectivity index (χ0n) is 11.4. The predicted octanol–water partition coefficient (Wildman–Crippen LogP) is 5.70. The zero-order chi connectivity index (χ0) is 13.7. The van der Waals surface area contributed by atoms with Gasteiger partial charge in [0.1, 0.15) is 0 Å². The van der Waals surface area contributed by atoms with Crippen LogP contribution < -0.4 is 0 Å². The normalized spacial score (nSPS) is 11.4. The van der Waals surface area contributed by atoms with Gasteiger partial charge < -0.3 is 0 Å². The smallest absolute Gasteiger partial charge is 0.0121 e. The summed E-state index contributed by atoms with van der Waals surface area (Å²) >= 11 is 1.78. The summed E-state index contributed by atoms with van der Waals surface area (Å²) in [7, 11) is 0. The van der Waals surface area contributed by atoms with Crippen molar-refractivity contribution in [2.75, 3.05) is 0 Å². The van der Waals surface area contributed by atoms with Gasteiger partial charge in [0, 0.05) is 4.90 Å². The molecule has 0 saturated carbocycles. The topological polar surface area (TPSA) is 0 Å². The van der Waals surface area contributed by atoms with E-state index in [2.05, 4.69) is 62.9 Å². The molecule has 2 aromatic rings. The summed E-state index contributed by atoms with van der Waals surface area (Å²) in [6.07, 6.45) is 2.14. The van der Waals surface area contributed by atoms with E-state index in [1.165, 1.54) is 20.9 Å². The van der Waals surface area contributed by atoms with E-state index in [1.807, 2.05) is 18.2 Å². The Hall–Kier alpha value is -1.73. The highest BCUT2D eigenvalue weighted by atomic mass is 32.2. The van der Waals surface area contributed by atoms with E-state index in [4.69, 9.17) is 0 Å². The van der Waals surface area contributed by atoms with E-state index < -0.39 is 0 Å². The molecule has 0 aliphatic rings. The quantitative estimate of drug-likeness (QED) is 0.505. The molecule has 0 heterocycles. The molecule has 2 rings (SSSR count). The van der Waals surface area contributed by atoms with E-state index in [0.717, 1.165) is 5.57 Å². The third-order valence-electron chi connectivity index (χ3n) is 2.79. The van der Waals surface area contributed by atoms with Crippen LogP contribution in [0, 0.1) is 6.92 Å². The van der Waals surface area contributed by atoms with E-state index in [1.54, 1.807) is 11.8 Å². The standard InChI is InChI=1S/C18H18S/c1-14-8-7-11-18(12-14)19-16(3)13-15(2)17-9-5-4-6-10-17/h4-13H,2H2,1,3H3/b16-13+. The minimum Gasteiger partial charge on any atom is -0.0948 e. The molecule has 1 heteroatoms. The Balaban J connectivity index is 2.09. The summed E-state index contributed by atoms with van der Waals surface area (Å²) in [5.41, 5.74) is 3.52. The second-order valence-electron chi connectivity index (χ2n) is 4.56. The lowest BCUT2D eigenvalue weighted by Gasteiger charge is -2.05. The van der Waals surface area contributed by atoms with Crippen molar-refractivity contribution in [1.29, 1.82) is 0 Å². The predicted molar refractivity (Wildman–Crippen MR) is 86.3 cm³/mol. The third kappa shape index (κ3) is 4.15. The van der Waals surface area contributed by atoms with Gasteiger partial charge >= 0.3 is 0 Å². The molecule has 0 aliphatic heterocycles. The zero-order valence-corrected chi connectivity index (χ0v) is 12.2. The second kappa shape index (κ2) is 6.44. The molecule has 0 atom stereocenters. The fourth-order valence-corrected chi connectivity index (χ4v) is 2.84. The molecule has 0 saturated heterocycles. The maximum Gasteiger partial charge on any atom is 0.0121 e. The summed E-state index contributed by atoms with van der Waals surface area (Å²) in [5, 5.41) is 0. The maximum absolute atomic E-state index is 4.13. The van der Waals surface area contributed by atoms with Crippen molar-refractivity contribution < 1.29 is 0 Å². The molecular formula is C18H18S. The van der Waals surface area contributed by atoms with Gasteiger partial charge in [0.05, 0.1) is 0 Å². The van der Waals surface area contributed by atoms with E-state index in [0.29, 0.717) is 0 Å². The average Bonchev–Trinajstić information content (AvgIpc) is 2.39. The van der Waals surface area contributed by atoms with Gasteiger partial charge in [-0.1, -0.05) is 66.4 Å². The van der Waals surface area contributed by atoms with Gasteiger partial charge in [0.15, 0.2) is 0 Å². The van der Waals surface area contributed by atoms with Crippen molar-refractivity contribution >= 4 is 17.3 Å². The van der Waals surface area contributed by atoms with Crippen molar-refractivity contribution in [3.63, 3.8) is 0 Å². The number of hydrogen-bond donors (Lipinski definition) is 0. The average molecular weight is 266 g/mol. The Kier molecular flexibility index (Phi) is 4.64. The van der Waals surface area contributed by atoms with Gasteiger partial charge in [-0.3, -0.25) is 0 Å². The Morgan fingerprint density at radius 2 is 1.79 bits per heavy atom. The largest absolute Gasteiger partial charge is 0.0948 e. The Labute approximate surface area is 119 Å². The van der Waals surface area contributed by atoms with Crippen LogP contribution in [-0.2, 0) is 0 Å². The van der Waals surface area contributed by atoms with Gasteiger partial charge in [-0.2, -0.15) is 0 Å². The van der Waals surface area contributed by atoms with Crippen molar-refractivity contribution in [2.24, 2.45) is 0 Å². The van der Waals surface area contributed by atoms with Crippen LogP contribution in [0.4, 0.5) is 0 Å². The van der Waals surface area contributed by atoms with E-state index >= 15 is 0 Å². The number of hydrogen-bond acceptors (Lipinski definition) is 1. The lowest BCUT2D eigenvalue weighted by molar-refractivity contribution is 1.36. The summed E-state index contributed by atoms with van der Waals surface area (Å²) in [4.78, 5) is 2.52. The van der Waals surface area contributed by atoms with Crippen LogP contribution >= 0.6 is 11.8 Å². The van der Waals surface area contributed by atoms with E-state index in [9.17, 15) is 0 Å². The van der Waals surface area contributed by atoms with Crippen molar-refractivity contribution in [3.05, 3.63) is 83.3 Å². The highest BCUT2D eigenvalue weighted by molar-refractivity contribution is 8.03. The number of benzene rings is 2. The monoisotopic (exact) mass is 266 g/mol. The molecule has 0 unspecified atom stereocenters. The minimum absolute atomic E-state index is 1.05.